The van der Waals surface area contributed by atoms with E-state index in [2.05, 4.69) is 10.1 Å². The molecular formula is C11H9ClN2O3. The van der Waals surface area contributed by atoms with Gasteiger partial charge in [-0.05, 0) is 24.3 Å². The van der Waals surface area contributed by atoms with E-state index in [9.17, 15) is 4.79 Å². The van der Waals surface area contributed by atoms with Crippen molar-refractivity contribution >= 4 is 17.4 Å². The van der Waals surface area contributed by atoms with Gasteiger partial charge in [0.2, 0.25) is 17.5 Å². The smallest absolute Gasteiger partial charge is 0.243 e. The molecule has 0 aliphatic heterocycles. The zero-order valence-electron chi connectivity index (χ0n) is 9.01. The van der Waals surface area contributed by atoms with Crippen LogP contribution in [0.1, 0.15) is 22.1 Å². The fourth-order valence-electron chi connectivity index (χ4n) is 1.27. The van der Waals surface area contributed by atoms with Crippen molar-refractivity contribution in [3.63, 3.8) is 0 Å². The highest BCUT2D eigenvalue weighted by Crippen LogP contribution is 2.14. The van der Waals surface area contributed by atoms with Crippen LogP contribution in [-0.2, 0) is 5.88 Å². The molecule has 0 spiro atoms. The van der Waals surface area contributed by atoms with Gasteiger partial charge in [0, 0.05) is 5.56 Å². The standard InChI is InChI=1S/C11H9ClN2O3/c1-16-8-4-2-7(3-5-8)10(15)11-13-9(6-12)17-14-11/h2-5H,6H2,1H3. The number of aromatic nitrogens is 2. The van der Waals surface area contributed by atoms with Crippen LogP contribution in [0.15, 0.2) is 28.8 Å². The van der Waals surface area contributed by atoms with Gasteiger partial charge in [-0.15, -0.1) is 11.6 Å². The number of benzene rings is 1. The second-order valence-electron chi connectivity index (χ2n) is 3.20. The molecule has 0 amide bonds. The summed E-state index contributed by atoms with van der Waals surface area (Å²) in [5.74, 6) is 0.682. The van der Waals surface area contributed by atoms with E-state index in [0.29, 0.717) is 11.3 Å². The Morgan fingerprint density at radius 2 is 2.12 bits per heavy atom. The van der Waals surface area contributed by atoms with E-state index in [1.165, 1.54) is 0 Å². The van der Waals surface area contributed by atoms with Crippen LogP contribution in [0.25, 0.3) is 0 Å². The molecule has 0 N–H and O–H groups in total. The Morgan fingerprint density at radius 1 is 1.41 bits per heavy atom. The van der Waals surface area contributed by atoms with Crippen LogP contribution < -0.4 is 4.74 Å². The van der Waals surface area contributed by atoms with E-state index in [0.717, 1.165) is 0 Å². The van der Waals surface area contributed by atoms with Crippen molar-refractivity contribution in [2.45, 2.75) is 5.88 Å². The minimum atomic E-state index is -0.312. The quantitative estimate of drug-likeness (QED) is 0.615. The molecular weight excluding hydrogens is 244 g/mol. The Morgan fingerprint density at radius 3 is 2.65 bits per heavy atom. The highest BCUT2D eigenvalue weighted by atomic mass is 35.5. The SMILES string of the molecule is COc1ccc(C(=O)c2noc(CCl)n2)cc1. The molecule has 0 saturated heterocycles. The maximum absolute atomic E-state index is 11.9. The van der Waals surface area contributed by atoms with Crippen LogP contribution >= 0.6 is 11.6 Å². The van der Waals surface area contributed by atoms with Gasteiger partial charge < -0.3 is 9.26 Å². The first-order valence-electron chi connectivity index (χ1n) is 4.82. The molecule has 0 aliphatic carbocycles. The lowest BCUT2D eigenvalue weighted by atomic mass is 10.1. The number of hydrogen-bond donors (Lipinski definition) is 0. The fourth-order valence-corrected chi connectivity index (χ4v) is 1.38. The van der Waals surface area contributed by atoms with Gasteiger partial charge in [-0.2, -0.15) is 4.98 Å². The summed E-state index contributed by atoms with van der Waals surface area (Å²) in [6.45, 7) is 0. The molecule has 5 nitrogen and oxygen atoms in total. The summed E-state index contributed by atoms with van der Waals surface area (Å²) in [6.07, 6.45) is 0. The molecule has 0 bridgehead atoms. The van der Waals surface area contributed by atoms with Crippen molar-refractivity contribution < 1.29 is 14.1 Å². The van der Waals surface area contributed by atoms with E-state index in [1.54, 1.807) is 31.4 Å². The predicted octanol–water partition coefficient (Wildman–Crippen LogP) is 2.05. The summed E-state index contributed by atoms with van der Waals surface area (Å²) in [5, 5.41) is 3.55. The number of alkyl halides is 1. The monoisotopic (exact) mass is 252 g/mol. The van der Waals surface area contributed by atoms with Gasteiger partial charge in [0.1, 0.15) is 11.6 Å². The molecule has 0 unspecified atom stereocenters. The Balaban J connectivity index is 2.23. The molecule has 0 atom stereocenters. The van der Waals surface area contributed by atoms with Gasteiger partial charge in [0.05, 0.1) is 7.11 Å². The van der Waals surface area contributed by atoms with E-state index in [-0.39, 0.29) is 23.4 Å². The van der Waals surface area contributed by atoms with Crippen LogP contribution in [0.4, 0.5) is 0 Å². The van der Waals surface area contributed by atoms with Crippen molar-refractivity contribution in [2.24, 2.45) is 0 Å². The molecule has 0 fully saturated rings. The van der Waals surface area contributed by atoms with Crippen LogP contribution in [0.3, 0.4) is 0 Å². The molecule has 1 heterocycles. The third-order valence-corrected chi connectivity index (χ3v) is 2.37. The molecule has 0 aliphatic rings. The van der Waals surface area contributed by atoms with E-state index in [1.807, 2.05) is 0 Å². The van der Waals surface area contributed by atoms with Crippen LogP contribution in [0, 0.1) is 0 Å². The first-order chi connectivity index (χ1) is 8.24. The molecule has 1 aromatic heterocycles. The Bertz CT molecular complexity index is 522. The number of methoxy groups -OCH3 is 1. The number of carbonyl (C=O) groups excluding carboxylic acids is 1. The van der Waals surface area contributed by atoms with Crippen molar-refractivity contribution in [3.05, 3.63) is 41.5 Å². The average Bonchev–Trinajstić information content (AvgIpc) is 2.87. The lowest BCUT2D eigenvalue weighted by Gasteiger charge is -1.99. The maximum Gasteiger partial charge on any atom is 0.243 e. The van der Waals surface area contributed by atoms with Gasteiger partial charge in [0.25, 0.3) is 0 Å². The maximum atomic E-state index is 11.9. The van der Waals surface area contributed by atoms with Crippen LogP contribution in [0.2, 0.25) is 0 Å². The summed E-state index contributed by atoms with van der Waals surface area (Å²) in [5.41, 5.74) is 0.465. The fraction of sp³-hybridized carbons (Fsp3) is 0.182. The molecule has 2 aromatic rings. The number of hydrogen-bond acceptors (Lipinski definition) is 5. The number of ether oxygens (including phenoxy) is 1. The summed E-state index contributed by atoms with van der Waals surface area (Å²) in [7, 11) is 1.56. The summed E-state index contributed by atoms with van der Waals surface area (Å²) >= 11 is 5.51. The largest absolute Gasteiger partial charge is 0.497 e. The lowest BCUT2D eigenvalue weighted by Crippen LogP contribution is -2.03. The summed E-state index contributed by atoms with van der Waals surface area (Å²) in [4.78, 5) is 15.8. The topological polar surface area (TPSA) is 65.2 Å². The predicted molar refractivity (Wildman–Crippen MR) is 60.3 cm³/mol. The molecule has 6 heteroatoms. The number of nitrogens with zero attached hydrogens (tertiary/aromatic N) is 2. The average molecular weight is 253 g/mol. The number of carbonyl (C=O) groups is 1. The lowest BCUT2D eigenvalue weighted by molar-refractivity contribution is 0.102. The van der Waals surface area contributed by atoms with E-state index in [4.69, 9.17) is 20.9 Å². The second kappa shape index (κ2) is 4.97. The number of rotatable bonds is 4. The van der Waals surface area contributed by atoms with Gasteiger partial charge in [-0.3, -0.25) is 4.79 Å². The number of ketones is 1. The number of halogens is 1. The highest BCUT2D eigenvalue weighted by Gasteiger charge is 2.16. The molecule has 0 radical (unpaired) electrons. The molecule has 88 valence electrons. The van der Waals surface area contributed by atoms with Crippen molar-refractivity contribution in [1.29, 1.82) is 0 Å². The zero-order chi connectivity index (χ0) is 12.3. The highest BCUT2D eigenvalue weighted by molar-refractivity contribution is 6.16. The van der Waals surface area contributed by atoms with Crippen LogP contribution in [0.5, 0.6) is 5.75 Å². The Hall–Kier alpha value is -1.88. The molecule has 1 aromatic carbocycles. The van der Waals surface area contributed by atoms with Gasteiger partial charge in [-0.25, -0.2) is 0 Å². The normalized spacial score (nSPS) is 10.2. The molecule has 0 saturated carbocycles. The summed E-state index contributed by atoms with van der Waals surface area (Å²) < 4.78 is 9.76. The van der Waals surface area contributed by atoms with E-state index < -0.39 is 0 Å². The van der Waals surface area contributed by atoms with Crippen molar-refractivity contribution in [1.82, 2.24) is 10.1 Å². The first-order valence-corrected chi connectivity index (χ1v) is 5.35. The van der Waals surface area contributed by atoms with Crippen molar-refractivity contribution in [3.8, 4) is 5.75 Å². The van der Waals surface area contributed by atoms with Crippen LogP contribution in [-0.4, -0.2) is 23.0 Å². The zero-order valence-corrected chi connectivity index (χ0v) is 9.77. The third kappa shape index (κ3) is 2.45. The Labute approximate surface area is 102 Å². The Kier molecular flexibility index (Phi) is 3.39. The van der Waals surface area contributed by atoms with Gasteiger partial charge in [0.15, 0.2) is 0 Å². The minimum absolute atomic E-state index is 0.00539. The van der Waals surface area contributed by atoms with Crippen molar-refractivity contribution in [2.75, 3.05) is 7.11 Å². The van der Waals surface area contributed by atoms with E-state index >= 15 is 0 Å². The van der Waals surface area contributed by atoms with Gasteiger partial charge >= 0.3 is 0 Å². The first kappa shape index (κ1) is 11.6. The molecule has 2 rings (SSSR count). The second-order valence-corrected chi connectivity index (χ2v) is 3.47. The molecule has 17 heavy (non-hydrogen) atoms. The van der Waals surface area contributed by atoms with Gasteiger partial charge in [-0.1, -0.05) is 5.16 Å². The minimum Gasteiger partial charge on any atom is -0.497 e. The third-order valence-electron chi connectivity index (χ3n) is 2.14. The summed E-state index contributed by atoms with van der Waals surface area (Å²) in [6, 6.07) is 6.65.